The Balaban J connectivity index is 0.000000189. The highest BCUT2D eigenvalue weighted by molar-refractivity contribution is 6.31. The fraction of sp³-hybridized carbons (Fsp3) is 0.414. The number of rotatable bonds is 5. The smallest absolute Gasteiger partial charge is 0.387 e. The SMILES string of the molecule is O=C(CO)N1CCN(c2ccc3cc(Cl)ccc3c2)CC1.O=[N+]([O-])c1ccc(NC2CCCCC2)cc1C(F)(F)F. The van der Waals surface area contributed by atoms with Gasteiger partial charge in [0.15, 0.2) is 0 Å². The van der Waals surface area contributed by atoms with Gasteiger partial charge >= 0.3 is 6.18 Å². The van der Waals surface area contributed by atoms with E-state index in [4.69, 9.17) is 16.7 Å². The third kappa shape index (κ3) is 8.01. The molecule has 3 aromatic rings. The number of benzene rings is 3. The molecule has 2 N–H and O–H groups in total. The summed E-state index contributed by atoms with van der Waals surface area (Å²) in [6, 6.07) is 15.4. The molecule has 0 atom stereocenters. The van der Waals surface area contributed by atoms with Crippen LogP contribution in [-0.2, 0) is 11.0 Å². The molecule has 8 nitrogen and oxygen atoms in total. The number of carbonyl (C=O) groups excluding carboxylic acids is 1. The van der Waals surface area contributed by atoms with Crippen LogP contribution in [0.1, 0.15) is 37.7 Å². The highest BCUT2D eigenvalue weighted by Crippen LogP contribution is 2.38. The minimum Gasteiger partial charge on any atom is -0.387 e. The highest BCUT2D eigenvalue weighted by atomic mass is 35.5. The number of fused-ring (bicyclic) bond motifs is 1. The number of aliphatic hydroxyl groups is 1. The number of anilines is 2. The number of nitro benzene ring substituents is 1. The lowest BCUT2D eigenvalue weighted by Gasteiger charge is -2.36. The number of nitrogens with one attached hydrogen (secondary N) is 1. The molecule has 220 valence electrons. The van der Waals surface area contributed by atoms with E-state index in [-0.39, 0.29) is 17.6 Å². The van der Waals surface area contributed by atoms with E-state index in [1.165, 1.54) is 6.07 Å². The third-order valence-corrected chi connectivity index (χ3v) is 7.63. The summed E-state index contributed by atoms with van der Waals surface area (Å²) < 4.78 is 38.5. The number of hydrogen-bond donors (Lipinski definition) is 2. The monoisotopic (exact) mass is 592 g/mol. The minimum absolute atomic E-state index is 0.145. The van der Waals surface area contributed by atoms with E-state index in [0.29, 0.717) is 13.1 Å². The Morgan fingerprint density at radius 2 is 1.63 bits per heavy atom. The summed E-state index contributed by atoms with van der Waals surface area (Å²) in [5.74, 6) is -0.192. The average Bonchev–Trinajstić information content (AvgIpc) is 2.97. The van der Waals surface area contributed by atoms with Crippen molar-refractivity contribution in [3.05, 3.63) is 75.3 Å². The predicted octanol–water partition coefficient (Wildman–Crippen LogP) is 6.49. The zero-order valence-electron chi connectivity index (χ0n) is 22.4. The number of amides is 1. The van der Waals surface area contributed by atoms with Gasteiger partial charge in [-0.05, 0) is 60.0 Å². The topological polar surface area (TPSA) is 99.0 Å². The molecule has 1 aliphatic heterocycles. The highest BCUT2D eigenvalue weighted by Gasteiger charge is 2.38. The van der Waals surface area contributed by atoms with Crippen LogP contribution in [0.4, 0.5) is 30.2 Å². The Bertz CT molecular complexity index is 1370. The summed E-state index contributed by atoms with van der Waals surface area (Å²) in [5.41, 5.74) is -0.675. The summed E-state index contributed by atoms with van der Waals surface area (Å²) in [4.78, 5) is 25.1. The van der Waals surface area contributed by atoms with Gasteiger partial charge in [-0.2, -0.15) is 13.2 Å². The van der Waals surface area contributed by atoms with Gasteiger partial charge in [0.25, 0.3) is 5.69 Å². The van der Waals surface area contributed by atoms with Crippen molar-refractivity contribution in [1.82, 2.24) is 4.90 Å². The van der Waals surface area contributed by atoms with E-state index in [2.05, 4.69) is 28.4 Å². The van der Waals surface area contributed by atoms with Gasteiger partial charge in [-0.15, -0.1) is 0 Å². The first-order valence-corrected chi connectivity index (χ1v) is 13.9. The second kappa shape index (κ2) is 13.4. The molecule has 0 unspecified atom stereocenters. The van der Waals surface area contributed by atoms with Crippen LogP contribution in [0.15, 0.2) is 54.6 Å². The van der Waals surface area contributed by atoms with Crippen LogP contribution in [0.25, 0.3) is 10.8 Å². The predicted molar refractivity (Wildman–Crippen MR) is 153 cm³/mol. The van der Waals surface area contributed by atoms with Crippen molar-refractivity contribution in [2.45, 2.75) is 44.3 Å². The van der Waals surface area contributed by atoms with Crippen molar-refractivity contribution >= 4 is 45.3 Å². The van der Waals surface area contributed by atoms with Crippen LogP contribution in [0.5, 0.6) is 0 Å². The average molecular weight is 593 g/mol. The summed E-state index contributed by atoms with van der Waals surface area (Å²) in [7, 11) is 0. The molecule has 0 aromatic heterocycles. The van der Waals surface area contributed by atoms with Crippen LogP contribution < -0.4 is 10.2 Å². The fourth-order valence-corrected chi connectivity index (χ4v) is 5.39. The second-order valence-electron chi connectivity index (χ2n) is 10.2. The van der Waals surface area contributed by atoms with Gasteiger partial charge in [-0.1, -0.05) is 43.0 Å². The maximum Gasteiger partial charge on any atom is 0.423 e. The largest absolute Gasteiger partial charge is 0.423 e. The molecule has 1 heterocycles. The molecule has 1 saturated heterocycles. The molecule has 41 heavy (non-hydrogen) atoms. The lowest BCUT2D eigenvalue weighted by Crippen LogP contribution is -2.49. The van der Waals surface area contributed by atoms with Gasteiger partial charge in [0.05, 0.1) is 4.92 Å². The summed E-state index contributed by atoms with van der Waals surface area (Å²) in [6.07, 6.45) is 0.350. The maximum atomic E-state index is 12.8. The van der Waals surface area contributed by atoms with E-state index in [9.17, 15) is 28.1 Å². The van der Waals surface area contributed by atoms with Gasteiger partial charge in [0, 0.05) is 54.7 Å². The van der Waals surface area contributed by atoms with Crippen LogP contribution in [0.2, 0.25) is 5.02 Å². The van der Waals surface area contributed by atoms with E-state index < -0.39 is 29.0 Å². The Morgan fingerprint density at radius 3 is 2.27 bits per heavy atom. The fourth-order valence-electron chi connectivity index (χ4n) is 5.21. The van der Waals surface area contributed by atoms with Crippen LogP contribution in [-0.4, -0.2) is 59.7 Å². The first-order chi connectivity index (χ1) is 19.5. The zero-order valence-corrected chi connectivity index (χ0v) is 23.1. The van der Waals surface area contributed by atoms with Gasteiger partial charge in [-0.3, -0.25) is 14.9 Å². The van der Waals surface area contributed by atoms with Gasteiger partial charge in [0.1, 0.15) is 12.2 Å². The second-order valence-corrected chi connectivity index (χ2v) is 10.6. The van der Waals surface area contributed by atoms with Gasteiger partial charge < -0.3 is 20.2 Å². The maximum absolute atomic E-state index is 12.8. The molecule has 1 amide bonds. The zero-order chi connectivity index (χ0) is 29.6. The Morgan fingerprint density at radius 1 is 0.976 bits per heavy atom. The van der Waals surface area contributed by atoms with Crippen molar-refractivity contribution in [1.29, 1.82) is 0 Å². The standard InChI is InChI=1S/C16H17ClN2O2.C13H15F3N2O2/c17-14-3-1-13-10-15(4-2-12(13)9-14)18-5-7-19(8-6-18)16(21)11-20;14-13(15,16)11-8-10(6-7-12(11)18(19)20)17-9-4-2-1-3-5-9/h1-4,9-10,20H,5-8,11H2;6-9,17H,1-5H2. The number of halogens is 4. The molecule has 0 bridgehead atoms. The first kappa shape index (κ1) is 30.4. The Kier molecular flexibility index (Phi) is 9.93. The summed E-state index contributed by atoms with van der Waals surface area (Å²) in [6.45, 7) is 2.46. The number of alkyl halides is 3. The van der Waals surface area contributed by atoms with Crippen molar-refractivity contribution in [2.75, 3.05) is 43.0 Å². The lowest BCUT2D eigenvalue weighted by atomic mass is 9.95. The molecule has 0 radical (unpaired) electrons. The molecule has 2 aliphatic rings. The van der Waals surface area contributed by atoms with E-state index in [1.807, 2.05) is 18.2 Å². The van der Waals surface area contributed by atoms with E-state index in [1.54, 1.807) is 4.90 Å². The third-order valence-electron chi connectivity index (χ3n) is 7.39. The molecule has 2 fully saturated rings. The number of carbonyl (C=O) groups is 1. The molecule has 1 saturated carbocycles. The number of aliphatic hydroxyl groups excluding tert-OH is 1. The van der Waals surface area contributed by atoms with Crippen molar-refractivity contribution in [3.8, 4) is 0 Å². The first-order valence-electron chi connectivity index (χ1n) is 13.5. The quantitative estimate of drug-likeness (QED) is 0.259. The lowest BCUT2D eigenvalue weighted by molar-refractivity contribution is -0.388. The van der Waals surface area contributed by atoms with E-state index in [0.717, 1.165) is 78.8 Å². The normalized spacial score (nSPS) is 16.2. The van der Waals surface area contributed by atoms with Crippen molar-refractivity contribution < 1.29 is 28.0 Å². The molecular weight excluding hydrogens is 561 g/mol. The number of piperazine rings is 1. The summed E-state index contributed by atoms with van der Waals surface area (Å²) >= 11 is 6.00. The van der Waals surface area contributed by atoms with Crippen molar-refractivity contribution in [3.63, 3.8) is 0 Å². The number of nitrogens with zero attached hydrogens (tertiary/aromatic N) is 3. The molecule has 5 rings (SSSR count). The minimum atomic E-state index is -4.73. The van der Waals surface area contributed by atoms with Gasteiger partial charge in [0.2, 0.25) is 5.91 Å². The molecule has 0 spiro atoms. The Labute approximate surface area is 240 Å². The number of nitro groups is 1. The molecule has 12 heteroatoms. The van der Waals surface area contributed by atoms with E-state index >= 15 is 0 Å². The van der Waals surface area contributed by atoms with Crippen LogP contribution >= 0.6 is 11.6 Å². The molecular formula is C29H32ClF3N4O4. The van der Waals surface area contributed by atoms with Crippen LogP contribution in [0.3, 0.4) is 0 Å². The summed E-state index contributed by atoms with van der Waals surface area (Å²) in [5, 5.41) is 25.6. The molecule has 1 aliphatic carbocycles. The van der Waals surface area contributed by atoms with Gasteiger partial charge in [-0.25, -0.2) is 0 Å². The van der Waals surface area contributed by atoms with Crippen LogP contribution in [0, 0.1) is 10.1 Å². The van der Waals surface area contributed by atoms with Crippen molar-refractivity contribution in [2.24, 2.45) is 0 Å². The number of hydrogen-bond acceptors (Lipinski definition) is 6. The molecule has 3 aromatic carbocycles. The Hall–Kier alpha value is -3.57.